The number of hydrogen-bond donors (Lipinski definition) is 2. The highest BCUT2D eigenvalue weighted by molar-refractivity contribution is 4.75. The number of hydrogen-bond acceptors (Lipinski definition) is 3. The summed E-state index contributed by atoms with van der Waals surface area (Å²) in [5.41, 5.74) is 0. The first-order chi connectivity index (χ1) is 7.13. The van der Waals surface area contributed by atoms with Crippen LogP contribution in [-0.2, 0) is 4.74 Å². The summed E-state index contributed by atoms with van der Waals surface area (Å²) in [7, 11) is 0. The quantitative estimate of drug-likeness (QED) is 0.733. The van der Waals surface area contributed by atoms with Crippen LogP contribution >= 0.6 is 0 Å². The van der Waals surface area contributed by atoms with Crippen molar-refractivity contribution in [2.24, 2.45) is 11.8 Å². The molecular weight excluding hydrogens is 192 g/mol. The molecule has 0 aromatic heterocycles. The molecule has 0 amide bonds. The van der Waals surface area contributed by atoms with E-state index in [2.05, 4.69) is 13.8 Å². The van der Waals surface area contributed by atoms with Gasteiger partial charge in [-0.1, -0.05) is 26.7 Å². The fourth-order valence-electron chi connectivity index (χ4n) is 2.24. The molecule has 0 aromatic carbocycles. The molecule has 0 heterocycles. The van der Waals surface area contributed by atoms with Crippen LogP contribution in [0.25, 0.3) is 0 Å². The molecule has 1 aliphatic carbocycles. The van der Waals surface area contributed by atoms with Crippen molar-refractivity contribution in [2.75, 3.05) is 13.2 Å². The van der Waals surface area contributed by atoms with Gasteiger partial charge in [0.25, 0.3) is 0 Å². The summed E-state index contributed by atoms with van der Waals surface area (Å²) in [4.78, 5) is 0. The van der Waals surface area contributed by atoms with E-state index >= 15 is 0 Å². The normalized spacial score (nSPS) is 29.4. The molecule has 0 aliphatic heterocycles. The average Bonchev–Trinajstić information content (AvgIpc) is 2.26. The monoisotopic (exact) mass is 216 g/mol. The first-order valence-electron chi connectivity index (χ1n) is 6.04. The highest BCUT2D eigenvalue weighted by atomic mass is 16.5. The molecule has 1 rings (SSSR count). The molecule has 15 heavy (non-hydrogen) atoms. The fraction of sp³-hybridized carbons (Fsp3) is 1.00. The number of ether oxygens (including phenoxy) is 1. The van der Waals surface area contributed by atoms with Gasteiger partial charge in [-0.3, -0.25) is 0 Å². The Morgan fingerprint density at radius 2 is 2.07 bits per heavy atom. The van der Waals surface area contributed by atoms with Gasteiger partial charge in [0.2, 0.25) is 0 Å². The smallest absolute Gasteiger partial charge is 0.100 e. The molecule has 3 unspecified atom stereocenters. The SMILES string of the molecule is CC(C)C1CCCC(OCC(O)CO)C1. The van der Waals surface area contributed by atoms with Crippen molar-refractivity contribution in [1.29, 1.82) is 0 Å². The van der Waals surface area contributed by atoms with Crippen LogP contribution in [-0.4, -0.2) is 35.6 Å². The van der Waals surface area contributed by atoms with Gasteiger partial charge in [0.15, 0.2) is 0 Å². The molecule has 3 atom stereocenters. The summed E-state index contributed by atoms with van der Waals surface area (Å²) in [6.07, 6.45) is 4.30. The second-order valence-electron chi connectivity index (χ2n) is 4.96. The van der Waals surface area contributed by atoms with Gasteiger partial charge in [-0.05, 0) is 24.7 Å². The Morgan fingerprint density at radius 3 is 2.67 bits per heavy atom. The van der Waals surface area contributed by atoms with Crippen LogP contribution < -0.4 is 0 Å². The molecule has 1 fully saturated rings. The van der Waals surface area contributed by atoms with Crippen molar-refractivity contribution in [3.63, 3.8) is 0 Å². The Kier molecular flexibility index (Phi) is 5.58. The van der Waals surface area contributed by atoms with E-state index in [-0.39, 0.29) is 19.3 Å². The highest BCUT2D eigenvalue weighted by Gasteiger charge is 2.24. The van der Waals surface area contributed by atoms with Crippen molar-refractivity contribution in [2.45, 2.75) is 51.7 Å². The molecular formula is C12H24O3. The van der Waals surface area contributed by atoms with Gasteiger partial charge in [-0.25, -0.2) is 0 Å². The maximum Gasteiger partial charge on any atom is 0.100 e. The van der Waals surface area contributed by atoms with Crippen molar-refractivity contribution >= 4 is 0 Å². The van der Waals surface area contributed by atoms with Gasteiger partial charge in [0.1, 0.15) is 6.10 Å². The van der Waals surface area contributed by atoms with Gasteiger partial charge >= 0.3 is 0 Å². The lowest BCUT2D eigenvalue weighted by molar-refractivity contribution is -0.0499. The van der Waals surface area contributed by atoms with Crippen LogP contribution in [0.4, 0.5) is 0 Å². The van der Waals surface area contributed by atoms with E-state index in [1.165, 1.54) is 12.8 Å². The minimum absolute atomic E-state index is 0.208. The van der Waals surface area contributed by atoms with E-state index in [9.17, 15) is 5.11 Å². The predicted octanol–water partition coefficient (Wildman–Crippen LogP) is 1.57. The first kappa shape index (κ1) is 12.9. The predicted molar refractivity (Wildman–Crippen MR) is 59.6 cm³/mol. The van der Waals surface area contributed by atoms with Crippen LogP contribution in [0.2, 0.25) is 0 Å². The van der Waals surface area contributed by atoms with Gasteiger partial charge in [-0.2, -0.15) is 0 Å². The van der Waals surface area contributed by atoms with Gasteiger partial charge in [-0.15, -0.1) is 0 Å². The van der Waals surface area contributed by atoms with Crippen LogP contribution in [0, 0.1) is 11.8 Å². The molecule has 0 bridgehead atoms. The van der Waals surface area contributed by atoms with E-state index in [4.69, 9.17) is 9.84 Å². The van der Waals surface area contributed by atoms with E-state index < -0.39 is 6.10 Å². The zero-order valence-electron chi connectivity index (χ0n) is 9.85. The van der Waals surface area contributed by atoms with Crippen LogP contribution in [0.3, 0.4) is 0 Å². The zero-order valence-corrected chi connectivity index (χ0v) is 9.85. The van der Waals surface area contributed by atoms with Crippen molar-refractivity contribution < 1.29 is 14.9 Å². The maximum atomic E-state index is 9.19. The Labute approximate surface area is 92.4 Å². The lowest BCUT2D eigenvalue weighted by Crippen LogP contribution is -2.29. The minimum Gasteiger partial charge on any atom is -0.394 e. The highest BCUT2D eigenvalue weighted by Crippen LogP contribution is 2.31. The van der Waals surface area contributed by atoms with Crippen LogP contribution in [0.5, 0.6) is 0 Å². The third kappa shape index (κ3) is 4.49. The first-order valence-corrected chi connectivity index (χ1v) is 6.04. The summed E-state index contributed by atoms with van der Waals surface area (Å²) < 4.78 is 5.61. The molecule has 0 spiro atoms. The lowest BCUT2D eigenvalue weighted by atomic mass is 9.80. The Hall–Kier alpha value is -0.120. The Balaban J connectivity index is 2.24. The lowest BCUT2D eigenvalue weighted by Gasteiger charge is -2.31. The Bertz CT molecular complexity index is 170. The van der Waals surface area contributed by atoms with E-state index in [0.717, 1.165) is 24.7 Å². The molecule has 3 heteroatoms. The van der Waals surface area contributed by atoms with Crippen molar-refractivity contribution in [3.05, 3.63) is 0 Å². The maximum absolute atomic E-state index is 9.19. The molecule has 0 radical (unpaired) electrons. The summed E-state index contributed by atoms with van der Waals surface area (Å²) in [6, 6.07) is 0. The average molecular weight is 216 g/mol. The number of aliphatic hydroxyl groups excluding tert-OH is 2. The largest absolute Gasteiger partial charge is 0.394 e. The van der Waals surface area contributed by atoms with Gasteiger partial charge in [0, 0.05) is 0 Å². The molecule has 3 nitrogen and oxygen atoms in total. The molecule has 0 saturated heterocycles. The number of rotatable bonds is 5. The third-order valence-corrected chi connectivity index (χ3v) is 3.34. The second-order valence-corrected chi connectivity index (χ2v) is 4.96. The minimum atomic E-state index is -0.718. The molecule has 1 saturated carbocycles. The van der Waals surface area contributed by atoms with Crippen molar-refractivity contribution in [1.82, 2.24) is 0 Å². The summed E-state index contributed by atoms with van der Waals surface area (Å²) in [5, 5.41) is 17.9. The van der Waals surface area contributed by atoms with E-state index in [0.29, 0.717) is 0 Å². The molecule has 2 N–H and O–H groups in total. The van der Waals surface area contributed by atoms with Crippen molar-refractivity contribution in [3.8, 4) is 0 Å². The summed E-state index contributed by atoms with van der Waals surface area (Å²) >= 11 is 0. The van der Waals surface area contributed by atoms with Crippen LogP contribution in [0.15, 0.2) is 0 Å². The second kappa shape index (κ2) is 6.46. The zero-order chi connectivity index (χ0) is 11.3. The van der Waals surface area contributed by atoms with Gasteiger partial charge < -0.3 is 14.9 Å². The molecule has 1 aliphatic rings. The third-order valence-electron chi connectivity index (χ3n) is 3.34. The van der Waals surface area contributed by atoms with E-state index in [1.807, 2.05) is 0 Å². The van der Waals surface area contributed by atoms with Crippen LogP contribution in [0.1, 0.15) is 39.5 Å². The molecule has 0 aromatic rings. The number of aliphatic hydroxyl groups is 2. The van der Waals surface area contributed by atoms with E-state index in [1.54, 1.807) is 0 Å². The summed E-state index contributed by atoms with van der Waals surface area (Å²) in [5.74, 6) is 1.48. The van der Waals surface area contributed by atoms with Gasteiger partial charge in [0.05, 0.1) is 19.3 Å². The Morgan fingerprint density at radius 1 is 1.33 bits per heavy atom. The summed E-state index contributed by atoms with van der Waals surface area (Å²) in [6.45, 7) is 4.58. The standard InChI is InChI=1S/C12H24O3/c1-9(2)10-4-3-5-12(6-10)15-8-11(14)7-13/h9-14H,3-8H2,1-2H3. The molecule has 90 valence electrons. The fourth-order valence-corrected chi connectivity index (χ4v) is 2.24. The topological polar surface area (TPSA) is 49.7 Å².